The van der Waals surface area contributed by atoms with Crippen molar-refractivity contribution in [2.45, 2.75) is 12.8 Å². The quantitative estimate of drug-likeness (QED) is 0.691. The highest BCUT2D eigenvalue weighted by Gasteiger charge is 2.21. The van der Waals surface area contributed by atoms with E-state index in [1.54, 1.807) is 12.1 Å². The van der Waals surface area contributed by atoms with Gasteiger partial charge in [0.25, 0.3) is 0 Å². The summed E-state index contributed by atoms with van der Waals surface area (Å²) in [4.78, 5) is 24.2. The van der Waals surface area contributed by atoms with Crippen LogP contribution in [0.3, 0.4) is 0 Å². The van der Waals surface area contributed by atoms with Crippen LogP contribution in [0.4, 0.5) is 0 Å². The van der Waals surface area contributed by atoms with Crippen LogP contribution in [-0.4, -0.2) is 25.2 Å². The Hall–Kier alpha value is -2.36. The molecular formula is C16H14O4. The van der Waals surface area contributed by atoms with Crippen LogP contribution in [0, 0.1) is 0 Å². The first-order valence-corrected chi connectivity index (χ1v) is 6.63. The predicted molar refractivity (Wildman–Crippen MR) is 73.7 cm³/mol. The summed E-state index contributed by atoms with van der Waals surface area (Å²) in [5.41, 5.74) is 0.547. The number of ether oxygens (including phenoxy) is 2. The standard InChI is InChI=1S/C16H14O4/c17-15-13-9-11-5-1-2-6-12(11)10-14(13)16(18)20-8-4-3-7-19-15/h1-2,5-6,9-10H,3-4,7-8H2. The van der Waals surface area contributed by atoms with Crippen molar-refractivity contribution >= 4 is 22.7 Å². The van der Waals surface area contributed by atoms with Gasteiger partial charge in [-0.2, -0.15) is 0 Å². The third kappa shape index (κ3) is 2.37. The van der Waals surface area contributed by atoms with E-state index in [9.17, 15) is 9.59 Å². The fraction of sp³-hybridized carbons (Fsp3) is 0.250. The van der Waals surface area contributed by atoms with Crippen LogP contribution >= 0.6 is 0 Å². The van der Waals surface area contributed by atoms with Crippen molar-refractivity contribution in [3.05, 3.63) is 47.5 Å². The van der Waals surface area contributed by atoms with Crippen LogP contribution in [-0.2, 0) is 9.47 Å². The van der Waals surface area contributed by atoms with Gasteiger partial charge in [0.05, 0.1) is 24.3 Å². The molecule has 0 N–H and O–H groups in total. The Kier molecular flexibility index (Phi) is 3.37. The average Bonchev–Trinajstić information content (AvgIpc) is 2.48. The van der Waals surface area contributed by atoms with E-state index in [1.165, 1.54) is 0 Å². The number of carbonyl (C=O) groups excluding carboxylic acids is 2. The van der Waals surface area contributed by atoms with E-state index in [0.29, 0.717) is 26.1 Å². The minimum absolute atomic E-state index is 0.274. The van der Waals surface area contributed by atoms with Crippen molar-refractivity contribution in [3.8, 4) is 0 Å². The number of cyclic esters (lactones) is 2. The second kappa shape index (κ2) is 5.33. The molecule has 2 aromatic carbocycles. The molecule has 4 nitrogen and oxygen atoms in total. The van der Waals surface area contributed by atoms with Gasteiger partial charge >= 0.3 is 11.9 Å². The smallest absolute Gasteiger partial charge is 0.339 e. The fourth-order valence-electron chi connectivity index (χ4n) is 2.27. The van der Waals surface area contributed by atoms with Gasteiger partial charge in [0.15, 0.2) is 0 Å². The van der Waals surface area contributed by atoms with Gasteiger partial charge in [-0.05, 0) is 35.7 Å². The molecule has 0 aromatic heterocycles. The molecule has 0 radical (unpaired) electrons. The predicted octanol–water partition coefficient (Wildman–Crippen LogP) is 2.95. The maximum Gasteiger partial charge on any atom is 0.339 e. The van der Waals surface area contributed by atoms with Gasteiger partial charge in [0, 0.05) is 0 Å². The Morgan fingerprint density at radius 1 is 0.750 bits per heavy atom. The zero-order chi connectivity index (χ0) is 13.9. The molecule has 0 aliphatic carbocycles. The van der Waals surface area contributed by atoms with Gasteiger partial charge in [-0.25, -0.2) is 9.59 Å². The topological polar surface area (TPSA) is 52.6 Å². The highest BCUT2D eigenvalue weighted by Crippen LogP contribution is 2.22. The van der Waals surface area contributed by atoms with Crippen molar-refractivity contribution in [1.82, 2.24) is 0 Å². The monoisotopic (exact) mass is 270 g/mol. The molecule has 0 atom stereocenters. The lowest BCUT2D eigenvalue weighted by atomic mass is 10.0. The third-order valence-electron chi connectivity index (χ3n) is 3.33. The van der Waals surface area contributed by atoms with Gasteiger partial charge in [-0.3, -0.25) is 0 Å². The summed E-state index contributed by atoms with van der Waals surface area (Å²) in [5, 5.41) is 1.79. The Bertz CT molecular complexity index is 617. The lowest BCUT2D eigenvalue weighted by molar-refractivity contribution is 0.0394. The SMILES string of the molecule is O=C1OCCCCOC(=O)c2cc3ccccc3cc21. The number of hydrogen-bond acceptors (Lipinski definition) is 4. The number of hydrogen-bond donors (Lipinski definition) is 0. The second-order valence-electron chi connectivity index (χ2n) is 4.72. The molecule has 0 bridgehead atoms. The Morgan fingerprint density at radius 3 is 1.65 bits per heavy atom. The molecule has 0 saturated carbocycles. The van der Waals surface area contributed by atoms with E-state index in [4.69, 9.17) is 9.47 Å². The number of fused-ring (bicyclic) bond motifs is 2. The summed E-state index contributed by atoms with van der Waals surface area (Å²) in [7, 11) is 0. The molecule has 1 heterocycles. The molecule has 1 aliphatic heterocycles. The lowest BCUT2D eigenvalue weighted by Crippen LogP contribution is -2.17. The molecular weight excluding hydrogens is 256 g/mol. The first-order chi connectivity index (χ1) is 9.75. The van der Waals surface area contributed by atoms with Gasteiger partial charge in [0.1, 0.15) is 0 Å². The second-order valence-corrected chi connectivity index (χ2v) is 4.72. The fourth-order valence-corrected chi connectivity index (χ4v) is 2.27. The molecule has 0 fully saturated rings. The van der Waals surface area contributed by atoms with Crippen LogP contribution in [0.15, 0.2) is 36.4 Å². The molecule has 0 saturated heterocycles. The zero-order valence-electron chi connectivity index (χ0n) is 10.9. The summed E-state index contributed by atoms with van der Waals surface area (Å²) < 4.78 is 10.4. The zero-order valence-corrected chi connectivity index (χ0v) is 10.9. The average molecular weight is 270 g/mol. The van der Waals surface area contributed by atoms with E-state index >= 15 is 0 Å². The summed E-state index contributed by atoms with van der Waals surface area (Å²) in [6.45, 7) is 0.700. The summed E-state index contributed by atoms with van der Waals surface area (Å²) in [5.74, 6) is -0.936. The molecule has 102 valence electrons. The van der Waals surface area contributed by atoms with Gasteiger partial charge in [-0.1, -0.05) is 24.3 Å². The molecule has 0 spiro atoms. The Morgan fingerprint density at radius 2 is 1.20 bits per heavy atom. The van der Waals surface area contributed by atoms with Crippen LogP contribution in [0.25, 0.3) is 10.8 Å². The van der Waals surface area contributed by atoms with Gasteiger partial charge in [0.2, 0.25) is 0 Å². The molecule has 0 unspecified atom stereocenters. The molecule has 3 rings (SSSR count). The third-order valence-corrected chi connectivity index (χ3v) is 3.33. The van der Waals surface area contributed by atoms with E-state index < -0.39 is 11.9 Å². The number of benzene rings is 2. The van der Waals surface area contributed by atoms with E-state index in [1.807, 2.05) is 24.3 Å². The largest absolute Gasteiger partial charge is 0.462 e. The van der Waals surface area contributed by atoms with Crippen molar-refractivity contribution in [3.63, 3.8) is 0 Å². The van der Waals surface area contributed by atoms with Crippen LogP contribution in [0.5, 0.6) is 0 Å². The van der Waals surface area contributed by atoms with Crippen molar-refractivity contribution in [1.29, 1.82) is 0 Å². The van der Waals surface area contributed by atoms with Crippen LogP contribution in [0.1, 0.15) is 33.6 Å². The van der Waals surface area contributed by atoms with Gasteiger partial charge < -0.3 is 9.47 Å². The highest BCUT2D eigenvalue weighted by molar-refractivity contribution is 6.07. The lowest BCUT2D eigenvalue weighted by Gasteiger charge is -2.13. The Labute approximate surface area is 116 Å². The minimum atomic E-state index is -0.468. The van der Waals surface area contributed by atoms with E-state index in [-0.39, 0.29) is 11.1 Å². The molecule has 4 heteroatoms. The highest BCUT2D eigenvalue weighted by atomic mass is 16.5. The summed E-state index contributed by atoms with van der Waals surface area (Å²) in [6.07, 6.45) is 1.39. The molecule has 2 aromatic rings. The summed E-state index contributed by atoms with van der Waals surface area (Å²) in [6, 6.07) is 10.9. The summed E-state index contributed by atoms with van der Waals surface area (Å²) >= 11 is 0. The molecule has 0 amide bonds. The van der Waals surface area contributed by atoms with Crippen molar-refractivity contribution in [2.24, 2.45) is 0 Å². The normalized spacial score (nSPS) is 16.2. The first kappa shape index (κ1) is 12.7. The van der Waals surface area contributed by atoms with Crippen molar-refractivity contribution in [2.75, 3.05) is 13.2 Å². The van der Waals surface area contributed by atoms with E-state index in [0.717, 1.165) is 10.8 Å². The van der Waals surface area contributed by atoms with Crippen molar-refractivity contribution < 1.29 is 19.1 Å². The Balaban J connectivity index is 2.16. The van der Waals surface area contributed by atoms with E-state index in [2.05, 4.69) is 0 Å². The van der Waals surface area contributed by atoms with Crippen LogP contribution < -0.4 is 0 Å². The van der Waals surface area contributed by atoms with Crippen LogP contribution in [0.2, 0.25) is 0 Å². The number of carbonyl (C=O) groups is 2. The number of esters is 2. The minimum Gasteiger partial charge on any atom is -0.462 e. The molecule has 20 heavy (non-hydrogen) atoms. The maximum absolute atomic E-state index is 12.1. The maximum atomic E-state index is 12.1. The molecule has 1 aliphatic rings. The number of rotatable bonds is 0. The van der Waals surface area contributed by atoms with Gasteiger partial charge in [-0.15, -0.1) is 0 Å². The first-order valence-electron chi connectivity index (χ1n) is 6.63.